The van der Waals surface area contributed by atoms with Gasteiger partial charge < -0.3 is 19.1 Å². The molecule has 0 aliphatic carbocycles. The second kappa shape index (κ2) is 6.64. The zero-order chi connectivity index (χ0) is 17.4. The van der Waals surface area contributed by atoms with E-state index in [1.54, 1.807) is 17.1 Å². The van der Waals surface area contributed by atoms with Crippen molar-refractivity contribution in [3.05, 3.63) is 18.2 Å². The number of likely N-dealkylation sites (tertiary alicyclic amines) is 2. The van der Waals surface area contributed by atoms with Crippen molar-refractivity contribution in [1.82, 2.24) is 19.4 Å². The Hall–Kier alpha value is -1.54. The van der Waals surface area contributed by atoms with Gasteiger partial charge in [0, 0.05) is 45.2 Å². The Bertz CT molecular complexity index is 665. The minimum absolute atomic E-state index is 0.000375. The van der Waals surface area contributed by atoms with Crippen LogP contribution in [0.2, 0.25) is 0 Å². The standard InChI is InChI=1S/C17H24N4O3S/c1-19-7-14(18-12-19)16(23)21-10-17(11-21)6-13(9-25-17)24-8-15(22)20-4-2-3-5-20/h7,12-13H,2-6,8-11H2,1H3/t13-/m0/s1. The minimum Gasteiger partial charge on any atom is -0.367 e. The molecule has 2 amide bonds. The molecule has 8 heteroatoms. The molecule has 0 bridgehead atoms. The van der Waals surface area contributed by atoms with Crippen LogP contribution in [0, 0.1) is 0 Å². The molecule has 3 fully saturated rings. The van der Waals surface area contributed by atoms with Crippen LogP contribution in [0.3, 0.4) is 0 Å². The number of nitrogens with zero attached hydrogens (tertiary/aromatic N) is 4. The first kappa shape index (κ1) is 16.9. The van der Waals surface area contributed by atoms with E-state index in [4.69, 9.17) is 4.74 Å². The predicted molar refractivity (Wildman–Crippen MR) is 94.5 cm³/mol. The highest BCUT2D eigenvalue weighted by Gasteiger charge is 2.51. The summed E-state index contributed by atoms with van der Waals surface area (Å²) in [6.07, 6.45) is 6.64. The fraction of sp³-hybridized carbons (Fsp3) is 0.706. The van der Waals surface area contributed by atoms with Gasteiger partial charge in [0.15, 0.2) is 0 Å². The van der Waals surface area contributed by atoms with Crippen LogP contribution in [0.4, 0.5) is 0 Å². The largest absolute Gasteiger partial charge is 0.367 e. The normalized spacial score (nSPS) is 24.8. The number of carbonyl (C=O) groups is 2. The van der Waals surface area contributed by atoms with Crippen LogP contribution in [-0.2, 0) is 16.6 Å². The Kier molecular flexibility index (Phi) is 4.49. The van der Waals surface area contributed by atoms with E-state index in [1.165, 1.54) is 0 Å². The van der Waals surface area contributed by atoms with Gasteiger partial charge in [0.1, 0.15) is 12.3 Å². The SMILES string of the molecule is Cn1cnc(C(=O)N2CC3(C[C@H](OCC(=O)N4CCCC4)CS3)C2)c1. The molecule has 0 radical (unpaired) electrons. The van der Waals surface area contributed by atoms with Crippen molar-refractivity contribution in [2.45, 2.75) is 30.1 Å². The van der Waals surface area contributed by atoms with Crippen molar-refractivity contribution in [2.75, 3.05) is 38.5 Å². The van der Waals surface area contributed by atoms with E-state index in [9.17, 15) is 9.59 Å². The molecule has 0 unspecified atom stereocenters. The molecular weight excluding hydrogens is 340 g/mol. The Morgan fingerprint density at radius 2 is 2.08 bits per heavy atom. The highest BCUT2D eigenvalue weighted by Crippen LogP contribution is 2.46. The third kappa shape index (κ3) is 3.42. The van der Waals surface area contributed by atoms with Gasteiger partial charge in [-0.1, -0.05) is 0 Å². The van der Waals surface area contributed by atoms with Gasteiger partial charge in [-0.25, -0.2) is 4.98 Å². The number of aryl methyl sites for hydroxylation is 1. The fourth-order valence-electron chi connectivity index (χ4n) is 3.86. The average Bonchev–Trinajstić information content (AvgIpc) is 3.30. The van der Waals surface area contributed by atoms with Crippen molar-refractivity contribution < 1.29 is 14.3 Å². The molecule has 1 spiro atoms. The highest BCUT2D eigenvalue weighted by atomic mass is 32.2. The van der Waals surface area contributed by atoms with E-state index in [0.29, 0.717) is 5.69 Å². The number of hydrogen-bond donors (Lipinski definition) is 0. The van der Waals surface area contributed by atoms with Crippen LogP contribution >= 0.6 is 11.8 Å². The third-order valence-corrected chi connectivity index (χ3v) is 6.82. The molecule has 1 aromatic rings. The van der Waals surface area contributed by atoms with Gasteiger partial charge in [0.2, 0.25) is 5.91 Å². The zero-order valence-corrected chi connectivity index (χ0v) is 15.3. The molecule has 3 aliphatic heterocycles. The molecule has 3 aliphatic rings. The molecule has 4 rings (SSSR count). The van der Waals surface area contributed by atoms with Gasteiger partial charge in [-0.05, 0) is 19.3 Å². The lowest BCUT2D eigenvalue weighted by Crippen LogP contribution is -2.60. The van der Waals surface area contributed by atoms with Crippen molar-refractivity contribution in [1.29, 1.82) is 0 Å². The molecule has 0 aromatic carbocycles. The summed E-state index contributed by atoms with van der Waals surface area (Å²) < 4.78 is 7.75. The maximum absolute atomic E-state index is 12.4. The number of amides is 2. The van der Waals surface area contributed by atoms with Crippen LogP contribution in [-0.4, -0.2) is 80.6 Å². The Morgan fingerprint density at radius 3 is 2.76 bits per heavy atom. The average molecular weight is 364 g/mol. The van der Waals surface area contributed by atoms with E-state index in [0.717, 1.165) is 51.2 Å². The molecule has 1 aromatic heterocycles. The Morgan fingerprint density at radius 1 is 1.32 bits per heavy atom. The molecular formula is C17H24N4O3S. The minimum atomic E-state index is 0.000375. The first-order valence-corrected chi connectivity index (χ1v) is 9.84. The summed E-state index contributed by atoms with van der Waals surface area (Å²) in [5.41, 5.74) is 0.504. The molecule has 0 N–H and O–H groups in total. The number of hydrogen-bond acceptors (Lipinski definition) is 5. The first-order chi connectivity index (χ1) is 12.0. The number of rotatable bonds is 4. The van der Waals surface area contributed by atoms with E-state index in [1.807, 2.05) is 28.6 Å². The number of carbonyl (C=O) groups excluding carboxylic acids is 2. The molecule has 136 valence electrons. The van der Waals surface area contributed by atoms with Crippen molar-refractivity contribution in [3.8, 4) is 0 Å². The fourth-order valence-corrected chi connectivity index (χ4v) is 5.41. The molecule has 1 atom stereocenters. The summed E-state index contributed by atoms with van der Waals surface area (Å²) in [5, 5.41) is 0. The van der Waals surface area contributed by atoms with Gasteiger partial charge in [-0.3, -0.25) is 9.59 Å². The number of imidazole rings is 1. The first-order valence-electron chi connectivity index (χ1n) is 8.85. The van der Waals surface area contributed by atoms with Crippen molar-refractivity contribution in [3.63, 3.8) is 0 Å². The lowest BCUT2D eigenvalue weighted by Gasteiger charge is -2.47. The van der Waals surface area contributed by atoms with Gasteiger partial charge >= 0.3 is 0 Å². The highest BCUT2D eigenvalue weighted by molar-refractivity contribution is 8.01. The van der Waals surface area contributed by atoms with Gasteiger partial charge in [0.25, 0.3) is 5.91 Å². The van der Waals surface area contributed by atoms with Gasteiger partial charge in [0.05, 0.1) is 17.2 Å². The molecule has 25 heavy (non-hydrogen) atoms. The number of aromatic nitrogens is 2. The summed E-state index contributed by atoms with van der Waals surface area (Å²) >= 11 is 1.88. The summed E-state index contributed by atoms with van der Waals surface area (Å²) in [7, 11) is 1.86. The molecule has 4 heterocycles. The Balaban J connectivity index is 1.23. The van der Waals surface area contributed by atoms with Crippen LogP contribution in [0.25, 0.3) is 0 Å². The topological polar surface area (TPSA) is 67.7 Å². The Labute approximate surface area is 151 Å². The summed E-state index contributed by atoms with van der Waals surface area (Å²) in [6.45, 7) is 3.42. The lowest BCUT2D eigenvalue weighted by atomic mass is 9.92. The summed E-state index contributed by atoms with van der Waals surface area (Å²) in [5.74, 6) is 1.02. The maximum atomic E-state index is 12.4. The van der Waals surface area contributed by atoms with Gasteiger partial charge in [-0.2, -0.15) is 0 Å². The van der Waals surface area contributed by atoms with Crippen molar-refractivity contribution in [2.24, 2.45) is 7.05 Å². The molecule has 3 saturated heterocycles. The quantitative estimate of drug-likeness (QED) is 0.789. The van der Waals surface area contributed by atoms with Gasteiger partial charge in [-0.15, -0.1) is 11.8 Å². The summed E-state index contributed by atoms with van der Waals surface area (Å²) in [6, 6.07) is 0. The second-order valence-electron chi connectivity index (χ2n) is 7.30. The van der Waals surface area contributed by atoms with E-state index >= 15 is 0 Å². The monoisotopic (exact) mass is 364 g/mol. The molecule has 7 nitrogen and oxygen atoms in total. The maximum Gasteiger partial charge on any atom is 0.274 e. The van der Waals surface area contributed by atoms with Crippen LogP contribution < -0.4 is 0 Å². The second-order valence-corrected chi connectivity index (χ2v) is 8.79. The number of thioether (sulfide) groups is 1. The zero-order valence-electron chi connectivity index (χ0n) is 14.5. The smallest absolute Gasteiger partial charge is 0.274 e. The van der Waals surface area contributed by atoms with Crippen LogP contribution in [0.15, 0.2) is 12.5 Å². The lowest BCUT2D eigenvalue weighted by molar-refractivity contribution is -0.136. The molecule has 0 saturated carbocycles. The van der Waals surface area contributed by atoms with Crippen LogP contribution in [0.1, 0.15) is 29.8 Å². The summed E-state index contributed by atoms with van der Waals surface area (Å²) in [4.78, 5) is 32.3. The van der Waals surface area contributed by atoms with Crippen LogP contribution in [0.5, 0.6) is 0 Å². The van der Waals surface area contributed by atoms with E-state index in [-0.39, 0.29) is 29.3 Å². The predicted octanol–water partition coefficient (Wildman–Crippen LogP) is 0.759. The third-order valence-electron chi connectivity index (χ3n) is 5.25. The van der Waals surface area contributed by atoms with Crippen molar-refractivity contribution >= 4 is 23.6 Å². The van der Waals surface area contributed by atoms with E-state index in [2.05, 4.69) is 4.98 Å². The number of ether oxygens (including phenoxy) is 1. The van der Waals surface area contributed by atoms with E-state index < -0.39 is 0 Å².